The van der Waals surface area contributed by atoms with Crippen LogP contribution in [0.2, 0.25) is 5.02 Å². The van der Waals surface area contributed by atoms with E-state index in [1.807, 2.05) is 6.07 Å². The van der Waals surface area contributed by atoms with E-state index < -0.39 is 45.4 Å². The molecular weight excluding hydrogens is 337 g/mol. The largest absolute Gasteiger partial charge is 0.417 e. The third-order valence-electron chi connectivity index (χ3n) is 2.78. The van der Waals surface area contributed by atoms with Gasteiger partial charge in [0.25, 0.3) is 0 Å². The van der Waals surface area contributed by atoms with Crippen LogP contribution in [0.3, 0.4) is 0 Å². The van der Waals surface area contributed by atoms with Crippen LogP contribution in [0.25, 0.3) is 11.1 Å². The summed E-state index contributed by atoms with van der Waals surface area (Å²) in [5, 5.41) is -0.399. The molecule has 0 aromatic heterocycles. The summed E-state index contributed by atoms with van der Waals surface area (Å²) in [5.74, 6) is -1.03. The summed E-state index contributed by atoms with van der Waals surface area (Å²) in [7, 11) is 0. The van der Waals surface area contributed by atoms with Crippen molar-refractivity contribution in [2.45, 2.75) is 12.4 Å². The number of hydrogen-bond acceptors (Lipinski definition) is 0. The molecule has 117 valence electrons. The molecule has 22 heavy (non-hydrogen) atoms. The third-order valence-corrected chi connectivity index (χ3v) is 3.10. The first-order chi connectivity index (χ1) is 10.00. The van der Waals surface area contributed by atoms with Crippen LogP contribution < -0.4 is 0 Å². The molecule has 2 aromatic rings. The van der Waals surface area contributed by atoms with Crippen molar-refractivity contribution in [2.24, 2.45) is 0 Å². The first-order valence-corrected chi connectivity index (χ1v) is 6.03. The van der Waals surface area contributed by atoms with Crippen molar-refractivity contribution in [3.63, 3.8) is 0 Å². The predicted octanol–water partition coefficient (Wildman–Crippen LogP) is 5.98. The molecule has 0 nitrogen and oxygen atoms in total. The van der Waals surface area contributed by atoms with Crippen molar-refractivity contribution in [1.29, 1.82) is 0 Å². The Bertz CT molecular complexity index is 701. The van der Waals surface area contributed by atoms with Crippen LogP contribution in [-0.4, -0.2) is 0 Å². The first-order valence-electron chi connectivity index (χ1n) is 5.65. The van der Waals surface area contributed by atoms with Gasteiger partial charge in [0.2, 0.25) is 0 Å². The molecule has 0 atom stereocenters. The molecular formula is C14H5ClF7. The topological polar surface area (TPSA) is 0 Å². The van der Waals surface area contributed by atoms with Gasteiger partial charge in [-0.2, -0.15) is 26.3 Å². The molecule has 0 unspecified atom stereocenters. The van der Waals surface area contributed by atoms with Gasteiger partial charge in [0.1, 0.15) is 5.82 Å². The number of rotatable bonds is 1. The minimum Gasteiger partial charge on any atom is -0.207 e. The Morgan fingerprint density at radius 1 is 0.864 bits per heavy atom. The van der Waals surface area contributed by atoms with E-state index in [9.17, 15) is 30.7 Å². The lowest BCUT2D eigenvalue weighted by Gasteiger charge is -2.15. The van der Waals surface area contributed by atoms with E-state index in [0.29, 0.717) is 30.3 Å². The van der Waals surface area contributed by atoms with Crippen molar-refractivity contribution >= 4 is 11.6 Å². The Morgan fingerprint density at radius 3 is 2.05 bits per heavy atom. The maximum Gasteiger partial charge on any atom is 0.417 e. The van der Waals surface area contributed by atoms with Crippen LogP contribution in [0.15, 0.2) is 30.3 Å². The van der Waals surface area contributed by atoms with Gasteiger partial charge in [0, 0.05) is 10.6 Å². The minimum absolute atomic E-state index is 0.399. The summed E-state index contributed by atoms with van der Waals surface area (Å²) in [4.78, 5) is 0. The highest BCUT2D eigenvalue weighted by atomic mass is 35.5. The second-order valence-electron chi connectivity index (χ2n) is 4.29. The molecule has 0 saturated heterocycles. The van der Waals surface area contributed by atoms with Crippen LogP contribution in [0.5, 0.6) is 0 Å². The van der Waals surface area contributed by atoms with Crippen LogP contribution in [0.4, 0.5) is 30.7 Å². The fourth-order valence-corrected chi connectivity index (χ4v) is 2.04. The van der Waals surface area contributed by atoms with E-state index in [2.05, 4.69) is 0 Å². The first kappa shape index (κ1) is 16.6. The van der Waals surface area contributed by atoms with E-state index in [4.69, 9.17) is 11.6 Å². The molecule has 0 aliphatic heterocycles. The number of hydrogen-bond donors (Lipinski definition) is 0. The van der Waals surface area contributed by atoms with E-state index in [-0.39, 0.29) is 0 Å². The zero-order chi connectivity index (χ0) is 16.7. The van der Waals surface area contributed by atoms with E-state index >= 15 is 0 Å². The highest BCUT2D eigenvalue weighted by Gasteiger charge is 2.36. The summed E-state index contributed by atoms with van der Waals surface area (Å²) in [6.07, 6.45) is -9.69. The standard InChI is InChI=1S/C14H5ClF7/c15-12-4-1-7(13(17,18)19)5-10(12)9-6-8(16)2-3-11(9)14(20,21)22/h2-6H. The zero-order valence-electron chi connectivity index (χ0n) is 10.4. The quantitative estimate of drug-likeness (QED) is 0.559. The molecule has 0 N–H and O–H groups in total. The van der Waals surface area contributed by atoms with Gasteiger partial charge in [-0.1, -0.05) is 11.6 Å². The number of halogens is 8. The van der Waals surface area contributed by atoms with Gasteiger partial charge in [0.15, 0.2) is 0 Å². The van der Waals surface area contributed by atoms with Crippen LogP contribution in [0, 0.1) is 11.9 Å². The molecule has 2 rings (SSSR count). The second-order valence-corrected chi connectivity index (χ2v) is 4.70. The monoisotopic (exact) mass is 341 g/mol. The van der Waals surface area contributed by atoms with Gasteiger partial charge in [-0.05, 0) is 42.0 Å². The average Bonchev–Trinajstić information content (AvgIpc) is 2.36. The molecule has 8 heteroatoms. The van der Waals surface area contributed by atoms with Gasteiger partial charge >= 0.3 is 12.4 Å². The smallest absolute Gasteiger partial charge is 0.207 e. The van der Waals surface area contributed by atoms with Gasteiger partial charge in [0.05, 0.1) is 11.1 Å². The van der Waals surface area contributed by atoms with Gasteiger partial charge in [-0.3, -0.25) is 0 Å². The lowest BCUT2D eigenvalue weighted by atomic mass is 9.97. The van der Waals surface area contributed by atoms with Gasteiger partial charge in [-0.25, -0.2) is 4.39 Å². The summed E-state index contributed by atoms with van der Waals surface area (Å²) < 4.78 is 90.0. The molecule has 1 radical (unpaired) electrons. The average molecular weight is 342 g/mol. The van der Waals surface area contributed by atoms with Crippen molar-refractivity contribution < 1.29 is 30.7 Å². The van der Waals surface area contributed by atoms with Crippen molar-refractivity contribution in [3.8, 4) is 11.1 Å². The third kappa shape index (κ3) is 3.35. The van der Waals surface area contributed by atoms with Crippen molar-refractivity contribution in [1.82, 2.24) is 0 Å². The summed E-state index contributed by atoms with van der Waals surface area (Å²) in [6.45, 7) is 0. The molecule has 0 aliphatic carbocycles. The van der Waals surface area contributed by atoms with E-state index in [1.54, 1.807) is 0 Å². The second kappa shape index (κ2) is 5.46. The van der Waals surface area contributed by atoms with Gasteiger partial charge < -0.3 is 0 Å². The molecule has 0 bridgehead atoms. The Morgan fingerprint density at radius 2 is 1.50 bits per heavy atom. The molecule has 0 heterocycles. The van der Waals surface area contributed by atoms with Crippen LogP contribution >= 0.6 is 11.6 Å². The lowest BCUT2D eigenvalue weighted by molar-refractivity contribution is -0.138. The normalized spacial score (nSPS) is 12.5. The summed E-state index contributed by atoms with van der Waals surface area (Å²) in [6, 6.07) is 4.44. The van der Waals surface area contributed by atoms with Crippen LogP contribution in [-0.2, 0) is 12.4 Å². The highest BCUT2D eigenvalue weighted by molar-refractivity contribution is 6.33. The maximum atomic E-state index is 13.2. The molecule has 0 amide bonds. The summed E-state index contributed by atoms with van der Waals surface area (Å²) >= 11 is 5.67. The molecule has 0 fully saturated rings. The number of benzene rings is 2. The Balaban J connectivity index is 2.74. The predicted molar refractivity (Wildman–Crippen MR) is 65.7 cm³/mol. The van der Waals surface area contributed by atoms with E-state index in [0.717, 1.165) is 0 Å². The summed E-state index contributed by atoms with van der Waals surface area (Å²) in [5.41, 5.74) is -3.92. The molecule has 2 aromatic carbocycles. The van der Waals surface area contributed by atoms with E-state index in [1.165, 1.54) is 0 Å². The Kier molecular flexibility index (Phi) is 4.12. The van der Waals surface area contributed by atoms with Crippen molar-refractivity contribution in [2.75, 3.05) is 0 Å². The Labute approximate surface area is 125 Å². The molecule has 0 spiro atoms. The number of alkyl halides is 6. The maximum absolute atomic E-state index is 13.2. The highest BCUT2D eigenvalue weighted by Crippen LogP contribution is 2.41. The van der Waals surface area contributed by atoms with Crippen LogP contribution in [0.1, 0.15) is 11.1 Å². The van der Waals surface area contributed by atoms with Gasteiger partial charge in [-0.15, -0.1) is 0 Å². The fourth-order valence-electron chi connectivity index (χ4n) is 1.83. The molecule has 0 aliphatic rings. The minimum atomic E-state index is -4.87. The Hall–Kier alpha value is -1.76. The molecule has 0 saturated carbocycles. The zero-order valence-corrected chi connectivity index (χ0v) is 11.2. The fraction of sp³-hybridized carbons (Fsp3) is 0.143. The lowest BCUT2D eigenvalue weighted by Crippen LogP contribution is -2.09. The van der Waals surface area contributed by atoms with Crippen molar-refractivity contribution in [3.05, 3.63) is 58.4 Å². The SMILES string of the molecule is Fc1ccc(C(F)(F)F)c(-c2cc(C(F)(F)F)[c]cc2Cl)c1.